The van der Waals surface area contributed by atoms with Crippen LogP contribution in [-0.4, -0.2) is 96.7 Å². The van der Waals surface area contributed by atoms with Gasteiger partial charge < -0.3 is 33.8 Å². The molecule has 0 saturated carbocycles. The van der Waals surface area contributed by atoms with Crippen molar-refractivity contribution in [2.75, 3.05) is 39.6 Å². The Hall–Kier alpha value is -1.94. The first kappa shape index (κ1) is 91.1. The molecule has 0 amide bonds. The van der Waals surface area contributed by atoms with Crippen LogP contribution in [0, 0.1) is 23.7 Å². The van der Waals surface area contributed by atoms with Gasteiger partial charge in [-0.3, -0.25) is 37.3 Å². The summed E-state index contributed by atoms with van der Waals surface area (Å²) < 4.78 is 68.3. The molecule has 0 heterocycles. The summed E-state index contributed by atoms with van der Waals surface area (Å²) in [5.41, 5.74) is 0. The van der Waals surface area contributed by atoms with Gasteiger partial charge in [0.25, 0.3) is 0 Å². The van der Waals surface area contributed by atoms with E-state index in [4.69, 9.17) is 37.0 Å². The standard InChI is InChI=1S/C74H144O17P2/c1-9-65(6)51-43-35-27-22-20-18-16-14-12-13-15-17-19-21-23-29-40-48-56-73(78)90-69(60-84-71(76)54-46-38-28-25-24-26-34-42-50-64(4)5)62-88-92(80,81)86-58-68(75)59-87-93(82,83)89-63-70(91-74(79)57-49-41-33-31-37-45-53-67(8)11-3)61-85-72(77)55-47-39-32-30-36-44-52-66(7)10-2/h64-70,75H,9-63H2,1-8H3,(H,80,81)(H,82,83)/t65?,66?,67?,68-,69-,70-/m1/s1. The second-order valence-electron chi connectivity index (χ2n) is 27.9. The van der Waals surface area contributed by atoms with Crippen LogP contribution in [0.2, 0.25) is 0 Å². The van der Waals surface area contributed by atoms with E-state index in [1.807, 2.05) is 0 Å². The zero-order valence-corrected chi connectivity index (χ0v) is 62.7. The number of aliphatic hydroxyl groups excluding tert-OH is 1. The average Bonchev–Trinajstić information content (AvgIpc) is 1.67. The van der Waals surface area contributed by atoms with Gasteiger partial charge in [-0.25, -0.2) is 9.13 Å². The minimum atomic E-state index is -4.96. The molecule has 5 unspecified atom stereocenters. The van der Waals surface area contributed by atoms with Gasteiger partial charge in [0.15, 0.2) is 12.2 Å². The molecule has 0 aliphatic heterocycles. The molecule has 0 aromatic carbocycles. The molecule has 0 radical (unpaired) electrons. The molecule has 0 saturated heterocycles. The summed E-state index contributed by atoms with van der Waals surface area (Å²) in [5.74, 6) is 0.918. The number of ether oxygens (including phenoxy) is 4. The predicted molar refractivity (Wildman–Crippen MR) is 377 cm³/mol. The average molecular weight is 1370 g/mol. The van der Waals surface area contributed by atoms with Crippen molar-refractivity contribution in [3.8, 4) is 0 Å². The molecule has 0 fully saturated rings. The second-order valence-corrected chi connectivity index (χ2v) is 30.8. The molecule has 0 spiro atoms. The number of esters is 4. The van der Waals surface area contributed by atoms with Gasteiger partial charge in [-0.05, 0) is 49.4 Å². The van der Waals surface area contributed by atoms with Crippen molar-refractivity contribution in [1.82, 2.24) is 0 Å². The fraction of sp³-hybridized carbons (Fsp3) is 0.946. The lowest BCUT2D eigenvalue weighted by Crippen LogP contribution is -2.30. The van der Waals surface area contributed by atoms with E-state index in [0.717, 1.165) is 120 Å². The molecule has 3 N–H and O–H groups in total. The maximum absolute atomic E-state index is 13.1. The smallest absolute Gasteiger partial charge is 0.462 e. The number of unbranched alkanes of at least 4 members (excludes halogenated alkanes) is 34. The van der Waals surface area contributed by atoms with E-state index in [1.54, 1.807) is 0 Å². The van der Waals surface area contributed by atoms with E-state index >= 15 is 0 Å². The summed E-state index contributed by atoms with van der Waals surface area (Å²) in [6.07, 6.45) is 47.4. The molecule has 0 aromatic heterocycles. The number of aliphatic hydroxyl groups is 1. The van der Waals surface area contributed by atoms with Gasteiger partial charge in [0.05, 0.1) is 26.4 Å². The van der Waals surface area contributed by atoms with Crippen LogP contribution < -0.4 is 0 Å². The highest BCUT2D eigenvalue weighted by atomic mass is 31.2. The monoisotopic (exact) mass is 1370 g/mol. The summed E-state index contributed by atoms with van der Waals surface area (Å²) >= 11 is 0. The maximum atomic E-state index is 13.1. The summed E-state index contributed by atoms with van der Waals surface area (Å²) in [6.45, 7) is 14.1. The van der Waals surface area contributed by atoms with E-state index in [1.165, 1.54) is 167 Å². The first-order valence-electron chi connectivity index (χ1n) is 38.3. The number of phosphoric acid groups is 2. The molecule has 93 heavy (non-hydrogen) atoms. The normalized spacial score (nSPS) is 15.1. The molecule has 17 nitrogen and oxygen atoms in total. The molecule has 8 atom stereocenters. The van der Waals surface area contributed by atoms with Crippen LogP contribution in [-0.2, 0) is 65.4 Å². The van der Waals surface area contributed by atoms with Gasteiger partial charge in [-0.15, -0.1) is 0 Å². The quantitative estimate of drug-likeness (QED) is 0.0222. The third-order valence-electron chi connectivity index (χ3n) is 18.2. The number of hydrogen-bond donors (Lipinski definition) is 3. The van der Waals surface area contributed by atoms with Crippen molar-refractivity contribution in [1.29, 1.82) is 0 Å². The maximum Gasteiger partial charge on any atom is 0.472 e. The number of hydrogen-bond acceptors (Lipinski definition) is 15. The Labute approximate surface area is 568 Å². The molecule has 0 aliphatic rings. The fourth-order valence-electron chi connectivity index (χ4n) is 11.1. The van der Waals surface area contributed by atoms with Crippen molar-refractivity contribution >= 4 is 39.5 Å². The summed E-state index contributed by atoms with van der Waals surface area (Å²) in [4.78, 5) is 72.6. The lowest BCUT2D eigenvalue weighted by molar-refractivity contribution is -0.161. The molecule has 0 bridgehead atoms. The van der Waals surface area contributed by atoms with E-state index < -0.39 is 97.5 Å². The van der Waals surface area contributed by atoms with E-state index in [9.17, 15) is 43.2 Å². The van der Waals surface area contributed by atoms with Crippen LogP contribution in [0.5, 0.6) is 0 Å². The Kier molecular flexibility index (Phi) is 62.2. The van der Waals surface area contributed by atoms with E-state index in [0.29, 0.717) is 25.7 Å². The first-order valence-corrected chi connectivity index (χ1v) is 41.3. The van der Waals surface area contributed by atoms with Crippen LogP contribution in [0.25, 0.3) is 0 Å². The van der Waals surface area contributed by atoms with Crippen molar-refractivity contribution in [2.24, 2.45) is 23.7 Å². The van der Waals surface area contributed by atoms with Gasteiger partial charge in [-0.2, -0.15) is 0 Å². The summed E-state index contributed by atoms with van der Waals surface area (Å²) in [6, 6.07) is 0. The van der Waals surface area contributed by atoms with Crippen LogP contribution >= 0.6 is 15.6 Å². The minimum absolute atomic E-state index is 0.102. The van der Waals surface area contributed by atoms with E-state index in [-0.39, 0.29) is 25.7 Å². The molecular formula is C74H144O17P2. The SMILES string of the molecule is CCC(C)CCCCCCCCCCCCCCCCCCCCC(=O)O[C@H](COC(=O)CCCCCCCCCCC(C)C)COP(=O)(O)OC[C@@H](O)COP(=O)(O)OC[C@@H](COC(=O)CCCCCCCCC(C)CC)OC(=O)CCCCCCCCC(C)CC. The molecule has 0 aliphatic carbocycles. The predicted octanol–water partition coefficient (Wildman–Crippen LogP) is 21.3. The Morgan fingerprint density at radius 1 is 0.301 bits per heavy atom. The highest BCUT2D eigenvalue weighted by molar-refractivity contribution is 7.47. The Morgan fingerprint density at radius 3 is 0.763 bits per heavy atom. The van der Waals surface area contributed by atoms with E-state index in [2.05, 4.69) is 55.4 Å². The van der Waals surface area contributed by atoms with Gasteiger partial charge in [0, 0.05) is 25.7 Å². The van der Waals surface area contributed by atoms with Crippen molar-refractivity contribution in [2.45, 2.75) is 388 Å². The second kappa shape index (κ2) is 63.5. The largest absolute Gasteiger partial charge is 0.472 e. The molecule has 0 aromatic rings. The first-order chi connectivity index (χ1) is 44.7. The molecule has 552 valence electrons. The fourth-order valence-corrected chi connectivity index (χ4v) is 12.7. The van der Waals surface area contributed by atoms with Gasteiger partial charge >= 0.3 is 39.5 Å². The Bertz CT molecular complexity index is 1840. The number of phosphoric ester groups is 2. The van der Waals surface area contributed by atoms with Gasteiger partial charge in [-0.1, -0.05) is 319 Å². The van der Waals surface area contributed by atoms with Gasteiger partial charge in [0.2, 0.25) is 0 Å². The Balaban J connectivity index is 5.17. The number of carbonyl (C=O) groups excluding carboxylic acids is 4. The third kappa shape index (κ3) is 64.5. The van der Waals surface area contributed by atoms with Crippen LogP contribution in [0.1, 0.15) is 370 Å². The highest BCUT2D eigenvalue weighted by Crippen LogP contribution is 2.45. The zero-order chi connectivity index (χ0) is 68.9. The third-order valence-corrected chi connectivity index (χ3v) is 20.1. The topological polar surface area (TPSA) is 237 Å². The number of carbonyl (C=O) groups is 4. The van der Waals surface area contributed by atoms with Crippen molar-refractivity contribution < 1.29 is 80.2 Å². The highest BCUT2D eigenvalue weighted by Gasteiger charge is 2.30. The summed E-state index contributed by atoms with van der Waals surface area (Å²) in [7, 11) is -9.91. The molecule has 0 rings (SSSR count). The summed E-state index contributed by atoms with van der Waals surface area (Å²) in [5, 5.41) is 10.6. The van der Waals surface area contributed by atoms with Gasteiger partial charge in [0.1, 0.15) is 19.3 Å². The van der Waals surface area contributed by atoms with Crippen molar-refractivity contribution in [3.05, 3.63) is 0 Å². The Morgan fingerprint density at radius 2 is 0.516 bits per heavy atom. The minimum Gasteiger partial charge on any atom is -0.462 e. The van der Waals surface area contributed by atoms with Crippen LogP contribution in [0.4, 0.5) is 0 Å². The van der Waals surface area contributed by atoms with Crippen molar-refractivity contribution in [3.63, 3.8) is 0 Å². The number of rotatable bonds is 71. The van der Waals surface area contributed by atoms with Crippen LogP contribution in [0.3, 0.4) is 0 Å². The molecular weight excluding hydrogens is 1220 g/mol. The lowest BCUT2D eigenvalue weighted by atomic mass is 9.99. The lowest BCUT2D eigenvalue weighted by Gasteiger charge is -2.21. The molecule has 19 heteroatoms. The van der Waals surface area contributed by atoms with Crippen LogP contribution in [0.15, 0.2) is 0 Å². The zero-order valence-electron chi connectivity index (χ0n) is 60.9.